The van der Waals surface area contributed by atoms with E-state index in [1.54, 1.807) is 36.7 Å². The van der Waals surface area contributed by atoms with Gasteiger partial charge in [0.15, 0.2) is 5.75 Å². The van der Waals surface area contributed by atoms with Crippen molar-refractivity contribution in [3.05, 3.63) is 60.4 Å². The number of hydrogen-bond acceptors (Lipinski definition) is 4. The normalized spacial score (nSPS) is 10.2. The molecule has 0 unspecified atom stereocenters. The molecule has 0 bridgehead atoms. The molecule has 1 heterocycles. The van der Waals surface area contributed by atoms with Gasteiger partial charge in [0.05, 0.1) is 11.3 Å². The molecule has 20 heavy (non-hydrogen) atoms. The Morgan fingerprint density at radius 1 is 1.05 bits per heavy atom. The average Bonchev–Trinajstić information content (AvgIpc) is 2.51. The fraction of sp³-hybridized carbons (Fsp3) is 0. The first kappa shape index (κ1) is 12.0. The van der Waals surface area contributed by atoms with Crippen LogP contribution in [-0.4, -0.2) is 4.98 Å². The molecule has 96 valence electrons. The zero-order valence-corrected chi connectivity index (χ0v) is 10.6. The van der Waals surface area contributed by atoms with E-state index in [1.165, 1.54) is 0 Å². The Morgan fingerprint density at radius 2 is 1.90 bits per heavy atom. The lowest BCUT2D eigenvalue weighted by Crippen LogP contribution is -1.95. The van der Waals surface area contributed by atoms with Crippen molar-refractivity contribution in [3.63, 3.8) is 0 Å². The summed E-state index contributed by atoms with van der Waals surface area (Å²) in [6, 6.07) is 14.7. The van der Waals surface area contributed by atoms with Gasteiger partial charge in [0.2, 0.25) is 0 Å². The third kappa shape index (κ3) is 2.02. The summed E-state index contributed by atoms with van der Waals surface area (Å²) < 4.78 is 5.77. The molecule has 0 saturated carbocycles. The van der Waals surface area contributed by atoms with Crippen LogP contribution in [0.5, 0.6) is 11.5 Å². The van der Waals surface area contributed by atoms with Crippen LogP contribution < -0.4 is 10.5 Å². The molecular weight excluding hydrogens is 250 g/mol. The molecule has 4 heteroatoms. The Morgan fingerprint density at radius 3 is 2.75 bits per heavy atom. The number of fused-ring (bicyclic) bond motifs is 1. The lowest BCUT2D eigenvalue weighted by molar-refractivity contribution is 0.484. The van der Waals surface area contributed by atoms with Crippen molar-refractivity contribution in [1.82, 2.24) is 4.98 Å². The topological polar surface area (TPSA) is 71.9 Å². The van der Waals surface area contributed by atoms with Crippen LogP contribution in [0.1, 0.15) is 5.56 Å². The summed E-state index contributed by atoms with van der Waals surface area (Å²) in [5, 5.41) is 10.9. The van der Waals surface area contributed by atoms with Gasteiger partial charge in [0.25, 0.3) is 0 Å². The molecule has 0 aliphatic carbocycles. The molecule has 2 N–H and O–H groups in total. The van der Waals surface area contributed by atoms with Gasteiger partial charge in [-0.3, -0.25) is 4.98 Å². The van der Waals surface area contributed by atoms with Crippen LogP contribution in [0.2, 0.25) is 0 Å². The molecule has 0 amide bonds. The van der Waals surface area contributed by atoms with Crippen LogP contribution in [0.15, 0.2) is 54.9 Å². The summed E-state index contributed by atoms with van der Waals surface area (Å²) in [4.78, 5) is 4.06. The molecule has 4 nitrogen and oxygen atoms in total. The van der Waals surface area contributed by atoms with E-state index in [2.05, 4.69) is 11.1 Å². The van der Waals surface area contributed by atoms with E-state index in [-0.39, 0.29) is 0 Å². The second-order valence-corrected chi connectivity index (χ2v) is 4.28. The van der Waals surface area contributed by atoms with Crippen molar-refractivity contribution in [3.8, 4) is 17.6 Å². The van der Waals surface area contributed by atoms with Gasteiger partial charge in [0, 0.05) is 23.2 Å². The number of aromatic nitrogens is 1. The Labute approximate surface area is 116 Å². The SMILES string of the molecule is N#Cc1ccccc1Oc1ccc2cnccc2c1N. The summed E-state index contributed by atoms with van der Waals surface area (Å²) in [5.74, 6) is 1.03. The summed E-state index contributed by atoms with van der Waals surface area (Å²) in [6.07, 6.45) is 3.43. The van der Waals surface area contributed by atoms with Crippen molar-refractivity contribution < 1.29 is 4.74 Å². The Balaban J connectivity index is 2.08. The molecule has 3 aromatic rings. The standard InChI is InChI=1S/C16H11N3O/c17-9-11-3-1-2-4-14(11)20-15-6-5-12-10-19-8-7-13(12)16(15)18/h1-8,10H,18H2. The van der Waals surface area contributed by atoms with E-state index < -0.39 is 0 Å². The fourth-order valence-electron chi connectivity index (χ4n) is 2.03. The maximum Gasteiger partial charge on any atom is 0.151 e. The fourth-order valence-corrected chi connectivity index (χ4v) is 2.03. The number of ether oxygens (including phenoxy) is 1. The first-order chi connectivity index (χ1) is 9.79. The highest BCUT2D eigenvalue weighted by Gasteiger charge is 2.09. The number of para-hydroxylation sites is 1. The van der Waals surface area contributed by atoms with E-state index in [0.29, 0.717) is 22.7 Å². The zero-order chi connectivity index (χ0) is 13.9. The number of nitrogen functional groups attached to an aromatic ring is 1. The quantitative estimate of drug-likeness (QED) is 0.717. The van der Waals surface area contributed by atoms with Gasteiger partial charge in [-0.15, -0.1) is 0 Å². The second-order valence-electron chi connectivity index (χ2n) is 4.28. The predicted octanol–water partition coefficient (Wildman–Crippen LogP) is 3.48. The molecule has 3 rings (SSSR count). The summed E-state index contributed by atoms with van der Waals surface area (Å²) in [5.41, 5.74) is 7.14. The number of anilines is 1. The van der Waals surface area contributed by atoms with Crippen LogP contribution in [0.25, 0.3) is 10.8 Å². The van der Waals surface area contributed by atoms with Crippen LogP contribution in [0, 0.1) is 11.3 Å². The highest BCUT2D eigenvalue weighted by atomic mass is 16.5. The summed E-state index contributed by atoms with van der Waals surface area (Å²) >= 11 is 0. The van der Waals surface area contributed by atoms with E-state index in [4.69, 9.17) is 15.7 Å². The third-order valence-electron chi connectivity index (χ3n) is 3.05. The minimum absolute atomic E-state index is 0.474. The van der Waals surface area contributed by atoms with Gasteiger partial charge in [-0.25, -0.2) is 0 Å². The van der Waals surface area contributed by atoms with Gasteiger partial charge in [-0.1, -0.05) is 12.1 Å². The minimum atomic E-state index is 0.474. The Bertz CT molecular complexity index is 821. The number of hydrogen-bond donors (Lipinski definition) is 1. The summed E-state index contributed by atoms with van der Waals surface area (Å²) in [6.45, 7) is 0. The van der Waals surface area contributed by atoms with Crippen LogP contribution >= 0.6 is 0 Å². The zero-order valence-electron chi connectivity index (χ0n) is 10.6. The van der Waals surface area contributed by atoms with Gasteiger partial charge in [-0.05, 0) is 30.3 Å². The van der Waals surface area contributed by atoms with Gasteiger partial charge < -0.3 is 10.5 Å². The van der Waals surface area contributed by atoms with Crippen molar-refractivity contribution in [2.45, 2.75) is 0 Å². The number of nitrogens with two attached hydrogens (primary N) is 1. The van der Waals surface area contributed by atoms with Gasteiger partial charge in [0.1, 0.15) is 11.8 Å². The molecule has 0 atom stereocenters. The highest BCUT2D eigenvalue weighted by molar-refractivity contribution is 5.95. The van der Waals surface area contributed by atoms with Crippen LogP contribution in [0.4, 0.5) is 5.69 Å². The highest BCUT2D eigenvalue weighted by Crippen LogP contribution is 2.34. The largest absolute Gasteiger partial charge is 0.454 e. The van der Waals surface area contributed by atoms with Crippen molar-refractivity contribution in [2.75, 3.05) is 5.73 Å². The molecule has 0 saturated heterocycles. The second kappa shape index (κ2) is 4.90. The van der Waals surface area contributed by atoms with Crippen molar-refractivity contribution in [2.24, 2.45) is 0 Å². The molecule has 0 spiro atoms. The van der Waals surface area contributed by atoms with E-state index in [9.17, 15) is 0 Å². The first-order valence-corrected chi connectivity index (χ1v) is 6.09. The molecule has 0 fully saturated rings. The third-order valence-corrected chi connectivity index (χ3v) is 3.05. The lowest BCUT2D eigenvalue weighted by atomic mass is 10.1. The molecule has 0 radical (unpaired) electrons. The van der Waals surface area contributed by atoms with Crippen LogP contribution in [0.3, 0.4) is 0 Å². The van der Waals surface area contributed by atoms with Gasteiger partial charge in [-0.2, -0.15) is 5.26 Å². The molecule has 0 aliphatic rings. The minimum Gasteiger partial charge on any atom is -0.454 e. The molecule has 2 aromatic carbocycles. The maximum atomic E-state index is 9.07. The average molecular weight is 261 g/mol. The van der Waals surface area contributed by atoms with E-state index in [1.807, 2.05) is 18.2 Å². The summed E-state index contributed by atoms with van der Waals surface area (Å²) in [7, 11) is 0. The Hall–Kier alpha value is -3.06. The lowest BCUT2D eigenvalue weighted by Gasteiger charge is -2.11. The maximum absolute atomic E-state index is 9.07. The number of benzene rings is 2. The smallest absolute Gasteiger partial charge is 0.151 e. The number of nitrogens with zero attached hydrogens (tertiary/aromatic N) is 2. The van der Waals surface area contributed by atoms with Gasteiger partial charge >= 0.3 is 0 Å². The number of nitriles is 1. The number of pyridine rings is 1. The van der Waals surface area contributed by atoms with E-state index >= 15 is 0 Å². The first-order valence-electron chi connectivity index (χ1n) is 6.09. The number of rotatable bonds is 2. The molecule has 1 aromatic heterocycles. The molecule has 0 aliphatic heterocycles. The molecular formula is C16H11N3O. The van der Waals surface area contributed by atoms with Crippen molar-refractivity contribution >= 4 is 16.5 Å². The predicted molar refractivity (Wildman–Crippen MR) is 77.4 cm³/mol. The monoisotopic (exact) mass is 261 g/mol. The van der Waals surface area contributed by atoms with Crippen LogP contribution in [-0.2, 0) is 0 Å². The van der Waals surface area contributed by atoms with E-state index in [0.717, 1.165) is 10.8 Å². The Kier molecular flexibility index (Phi) is 2.94. The van der Waals surface area contributed by atoms with Crippen molar-refractivity contribution in [1.29, 1.82) is 5.26 Å².